The van der Waals surface area contributed by atoms with Gasteiger partial charge >= 0.3 is 0 Å². The van der Waals surface area contributed by atoms with Crippen LogP contribution in [0.5, 0.6) is 5.75 Å². The van der Waals surface area contributed by atoms with Crippen molar-refractivity contribution in [1.82, 2.24) is 15.7 Å². The average molecular weight is 324 g/mol. The Kier molecular flexibility index (Phi) is 4.81. The van der Waals surface area contributed by atoms with Gasteiger partial charge in [-0.2, -0.15) is 5.10 Å². The van der Waals surface area contributed by atoms with E-state index in [0.717, 1.165) is 17.7 Å². The molecule has 2 aromatic carbocycles. The van der Waals surface area contributed by atoms with Crippen LogP contribution in [-0.4, -0.2) is 29.0 Å². The van der Waals surface area contributed by atoms with Gasteiger partial charge < -0.3 is 4.74 Å². The molecular formula is C17H16N4O3. The monoisotopic (exact) mass is 324 g/mol. The SMILES string of the molecule is CCCOc1ccc(/C=N/NC(=O)c2ccc3nonc3c2)cc1. The van der Waals surface area contributed by atoms with Crippen LogP contribution in [0.4, 0.5) is 0 Å². The second-order valence-corrected chi connectivity index (χ2v) is 5.08. The van der Waals surface area contributed by atoms with Crippen molar-refractivity contribution in [2.45, 2.75) is 13.3 Å². The third kappa shape index (κ3) is 3.75. The van der Waals surface area contributed by atoms with Gasteiger partial charge in [0.15, 0.2) is 0 Å². The number of amides is 1. The first-order chi connectivity index (χ1) is 11.8. The molecule has 7 heteroatoms. The van der Waals surface area contributed by atoms with Crippen LogP contribution in [-0.2, 0) is 0 Å². The highest BCUT2D eigenvalue weighted by Gasteiger charge is 2.07. The van der Waals surface area contributed by atoms with Gasteiger partial charge in [-0.3, -0.25) is 4.79 Å². The molecule has 0 atom stereocenters. The molecule has 0 unspecified atom stereocenters. The van der Waals surface area contributed by atoms with E-state index in [4.69, 9.17) is 4.74 Å². The summed E-state index contributed by atoms with van der Waals surface area (Å²) in [6.45, 7) is 2.75. The third-order valence-electron chi connectivity index (χ3n) is 3.25. The number of carbonyl (C=O) groups is 1. The van der Waals surface area contributed by atoms with E-state index in [1.807, 2.05) is 24.3 Å². The van der Waals surface area contributed by atoms with Crippen molar-refractivity contribution in [3.8, 4) is 5.75 Å². The van der Waals surface area contributed by atoms with E-state index in [1.165, 1.54) is 0 Å². The van der Waals surface area contributed by atoms with E-state index in [-0.39, 0.29) is 5.91 Å². The second kappa shape index (κ2) is 7.36. The molecular weight excluding hydrogens is 308 g/mol. The molecule has 0 aliphatic carbocycles. The maximum absolute atomic E-state index is 12.0. The molecule has 24 heavy (non-hydrogen) atoms. The Hall–Kier alpha value is -3.22. The number of nitrogens with one attached hydrogen (secondary N) is 1. The Labute approximate surface area is 138 Å². The van der Waals surface area contributed by atoms with E-state index in [9.17, 15) is 4.79 Å². The van der Waals surface area contributed by atoms with E-state index >= 15 is 0 Å². The van der Waals surface area contributed by atoms with Crippen LogP contribution in [0.1, 0.15) is 29.3 Å². The van der Waals surface area contributed by atoms with Crippen molar-refractivity contribution in [3.05, 3.63) is 53.6 Å². The van der Waals surface area contributed by atoms with Gasteiger partial charge in [0.25, 0.3) is 5.91 Å². The van der Waals surface area contributed by atoms with Crippen LogP contribution in [0, 0.1) is 0 Å². The largest absolute Gasteiger partial charge is 0.494 e. The molecule has 0 saturated carbocycles. The van der Waals surface area contributed by atoms with Gasteiger partial charge in [-0.05, 0) is 64.8 Å². The van der Waals surface area contributed by atoms with Crippen molar-refractivity contribution < 1.29 is 14.2 Å². The lowest BCUT2D eigenvalue weighted by Gasteiger charge is -2.04. The Balaban J connectivity index is 1.59. The fourth-order valence-electron chi connectivity index (χ4n) is 2.02. The number of hydrogen-bond acceptors (Lipinski definition) is 6. The number of ether oxygens (including phenoxy) is 1. The lowest BCUT2D eigenvalue weighted by atomic mass is 10.2. The summed E-state index contributed by atoms with van der Waals surface area (Å²) in [5.74, 6) is 0.478. The quantitative estimate of drug-likeness (QED) is 0.556. The van der Waals surface area contributed by atoms with E-state index in [0.29, 0.717) is 23.2 Å². The second-order valence-electron chi connectivity index (χ2n) is 5.08. The first-order valence-corrected chi connectivity index (χ1v) is 7.55. The van der Waals surface area contributed by atoms with Gasteiger partial charge in [0, 0.05) is 5.56 Å². The predicted octanol–water partition coefficient (Wildman–Crippen LogP) is 2.78. The fraction of sp³-hybridized carbons (Fsp3) is 0.176. The van der Waals surface area contributed by atoms with Crippen LogP contribution in [0.2, 0.25) is 0 Å². The van der Waals surface area contributed by atoms with Gasteiger partial charge in [-0.15, -0.1) is 0 Å². The first kappa shape index (κ1) is 15.7. The van der Waals surface area contributed by atoms with Gasteiger partial charge in [0.1, 0.15) is 16.8 Å². The predicted molar refractivity (Wildman–Crippen MR) is 89.1 cm³/mol. The van der Waals surface area contributed by atoms with Gasteiger partial charge in [0.05, 0.1) is 12.8 Å². The van der Waals surface area contributed by atoms with Crippen molar-refractivity contribution in [2.24, 2.45) is 5.10 Å². The smallest absolute Gasteiger partial charge is 0.271 e. The van der Waals surface area contributed by atoms with Crippen molar-refractivity contribution in [2.75, 3.05) is 6.61 Å². The number of aromatic nitrogens is 2. The molecule has 1 aromatic heterocycles. The molecule has 7 nitrogen and oxygen atoms in total. The minimum atomic E-state index is -0.334. The normalized spacial score (nSPS) is 11.0. The molecule has 3 aromatic rings. The molecule has 1 N–H and O–H groups in total. The topological polar surface area (TPSA) is 89.6 Å². The summed E-state index contributed by atoms with van der Waals surface area (Å²) in [6.07, 6.45) is 2.53. The molecule has 1 amide bonds. The van der Waals surface area contributed by atoms with Gasteiger partial charge in [-0.25, -0.2) is 10.1 Å². The van der Waals surface area contributed by atoms with Gasteiger partial charge in [-0.1, -0.05) is 6.92 Å². The summed E-state index contributed by atoms with van der Waals surface area (Å²) in [6, 6.07) is 12.4. The number of carbonyl (C=O) groups excluding carboxylic acids is 1. The summed E-state index contributed by atoms with van der Waals surface area (Å²) in [5, 5.41) is 11.3. The third-order valence-corrected chi connectivity index (χ3v) is 3.25. The maximum atomic E-state index is 12.0. The Morgan fingerprint density at radius 2 is 2.00 bits per heavy atom. The number of nitrogens with zero attached hydrogens (tertiary/aromatic N) is 3. The van der Waals surface area contributed by atoms with Crippen molar-refractivity contribution in [3.63, 3.8) is 0 Å². The Bertz CT molecular complexity index is 856. The Morgan fingerprint density at radius 3 is 2.79 bits per heavy atom. The van der Waals surface area contributed by atoms with Crippen LogP contribution >= 0.6 is 0 Å². The summed E-state index contributed by atoms with van der Waals surface area (Å²) in [4.78, 5) is 12.0. The number of rotatable bonds is 6. The maximum Gasteiger partial charge on any atom is 0.271 e. The minimum Gasteiger partial charge on any atom is -0.494 e. The first-order valence-electron chi connectivity index (χ1n) is 7.55. The highest BCUT2D eigenvalue weighted by Crippen LogP contribution is 2.12. The van der Waals surface area contributed by atoms with Gasteiger partial charge in [0.2, 0.25) is 0 Å². The van der Waals surface area contributed by atoms with Crippen molar-refractivity contribution >= 4 is 23.2 Å². The van der Waals surface area contributed by atoms with Crippen LogP contribution in [0.15, 0.2) is 52.2 Å². The minimum absolute atomic E-state index is 0.334. The summed E-state index contributed by atoms with van der Waals surface area (Å²) in [7, 11) is 0. The zero-order valence-electron chi connectivity index (χ0n) is 13.1. The number of benzene rings is 2. The molecule has 3 rings (SSSR count). The van der Waals surface area contributed by atoms with Crippen LogP contribution in [0.25, 0.3) is 11.0 Å². The number of hydrogen-bond donors (Lipinski definition) is 1. The standard InChI is InChI=1S/C17H16N4O3/c1-2-9-23-14-6-3-12(4-7-14)11-18-19-17(22)13-5-8-15-16(10-13)21-24-20-15/h3-8,10-11H,2,9H2,1H3,(H,19,22)/b18-11+. The molecule has 122 valence electrons. The zero-order chi connectivity index (χ0) is 16.8. The Morgan fingerprint density at radius 1 is 1.21 bits per heavy atom. The summed E-state index contributed by atoms with van der Waals surface area (Å²) < 4.78 is 10.1. The molecule has 0 aliphatic rings. The molecule has 0 radical (unpaired) electrons. The molecule has 0 saturated heterocycles. The van der Waals surface area contributed by atoms with E-state index in [2.05, 4.69) is 32.4 Å². The molecule has 1 heterocycles. The molecule has 0 spiro atoms. The molecule has 0 bridgehead atoms. The summed E-state index contributed by atoms with van der Waals surface area (Å²) in [5.41, 5.74) is 4.88. The lowest BCUT2D eigenvalue weighted by Crippen LogP contribution is -2.17. The fourth-order valence-corrected chi connectivity index (χ4v) is 2.02. The van der Waals surface area contributed by atoms with Crippen LogP contribution in [0.3, 0.4) is 0 Å². The average Bonchev–Trinajstić information content (AvgIpc) is 3.08. The molecule has 0 fully saturated rings. The number of fused-ring (bicyclic) bond motifs is 1. The van der Waals surface area contributed by atoms with Crippen LogP contribution < -0.4 is 10.2 Å². The zero-order valence-corrected chi connectivity index (χ0v) is 13.1. The summed E-state index contributed by atoms with van der Waals surface area (Å²) >= 11 is 0. The van der Waals surface area contributed by atoms with E-state index < -0.39 is 0 Å². The highest BCUT2D eigenvalue weighted by atomic mass is 16.6. The lowest BCUT2D eigenvalue weighted by molar-refractivity contribution is 0.0955. The number of hydrazone groups is 1. The highest BCUT2D eigenvalue weighted by molar-refractivity contribution is 5.97. The van der Waals surface area contributed by atoms with E-state index in [1.54, 1.807) is 24.4 Å². The van der Waals surface area contributed by atoms with Crippen molar-refractivity contribution in [1.29, 1.82) is 0 Å². The molecule has 0 aliphatic heterocycles.